The van der Waals surface area contributed by atoms with E-state index in [2.05, 4.69) is 10.4 Å². The number of benzene rings is 2. The molecule has 188 valence electrons. The lowest BCUT2D eigenvalue weighted by molar-refractivity contribution is -0.139. The van der Waals surface area contributed by atoms with Gasteiger partial charge >= 0.3 is 0 Å². The second-order valence-electron chi connectivity index (χ2n) is 8.83. The normalized spacial score (nSPS) is 19.0. The summed E-state index contributed by atoms with van der Waals surface area (Å²) in [6.07, 6.45) is -1.59. The van der Waals surface area contributed by atoms with Gasteiger partial charge < -0.3 is 20.7 Å². The second-order valence-corrected chi connectivity index (χ2v) is 9.23. The molecular formula is C24H22ClF2N5O4. The Morgan fingerprint density at radius 3 is 2.72 bits per heavy atom. The maximum Gasteiger partial charge on any atom is 0.269 e. The molecule has 9 nitrogen and oxygen atoms in total. The van der Waals surface area contributed by atoms with E-state index in [4.69, 9.17) is 22.1 Å². The quantitative estimate of drug-likeness (QED) is 0.519. The van der Waals surface area contributed by atoms with E-state index in [9.17, 15) is 23.2 Å². The van der Waals surface area contributed by atoms with Crippen LogP contribution < -0.4 is 11.1 Å². The summed E-state index contributed by atoms with van der Waals surface area (Å²) in [5.41, 5.74) is 7.99. The minimum Gasteiger partial charge on any atom is -0.372 e. The van der Waals surface area contributed by atoms with Crippen molar-refractivity contribution in [2.24, 2.45) is 5.73 Å². The number of amides is 3. The number of carbonyl (C=O) groups is 3. The standard InChI is InChI=1S/C24H22ClF2N5O4/c25-17-3-1-2-12(21(17)27)7-29-24(35)19-6-15(26)8-31(19)20(33)9-32-18-5-14-11-36-10-13(14)4-16(18)22(30-32)23(28)34/h1-5,15,19H,6-11H2,(H2,28,34)(H,29,35)/t15-,19+/m1/s1. The van der Waals surface area contributed by atoms with Crippen LogP contribution in [0.25, 0.3) is 10.9 Å². The summed E-state index contributed by atoms with van der Waals surface area (Å²) in [5, 5.41) is 7.20. The third-order valence-corrected chi connectivity index (χ3v) is 6.75. The number of nitrogens with zero attached hydrogens (tertiary/aromatic N) is 3. The maximum absolute atomic E-state index is 14.3. The number of primary amides is 1. The van der Waals surface area contributed by atoms with Crippen molar-refractivity contribution >= 4 is 40.2 Å². The average molecular weight is 518 g/mol. The summed E-state index contributed by atoms with van der Waals surface area (Å²) in [4.78, 5) is 39.2. The Morgan fingerprint density at radius 1 is 1.22 bits per heavy atom. The highest BCUT2D eigenvalue weighted by atomic mass is 35.5. The molecule has 3 N–H and O–H groups in total. The Labute approximate surface area is 209 Å². The molecule has 12 heteroatoms. The molecule has 0 spiro atoms. The largest absolute Gasteiger partial charge is 0.372 e. The fourth-order valence-corrected chi connectivity index (χ4v) is 4.86. The lowest BCUT2D eigenvalue weighted by Gasteiger charge is -2.24. The van der Waals surface area contributed by atoms with Gasteiger partial charge in [-0.2, -0.15) is 5.10 Å². The van der Waals surface area contributed by atoms with Gasteiger partial charge in [0.15, 0.2) is 5.69 Å². The van der Waals surface area contributed by atoms with E-state index in [1.54, 1.807) is 18.2 Å². The third kappa shape index (κ3) is 4.40. The van der Waals surface area contributed by atoms with Crippen molar-refractivity contribution < 1.29 is 27.9 Å². The Kier molecular flexibility index (Phi) is 6.35. The molecule has 0 saturated carbocycles. The van der Waals surface area contributed by atoms with Crippen LogP contribution >= 0.6 is 11.6 Å². The molecule has 3 heterocycles. The molecule has 2 atom stereocenters. The zero-order valence-corrected chi connectivity index (χ0v) is 19.7. The minimum atomic E-state index is -1.40. The number of ether oxygens (including phenoxy) is 1. The van der Waals surface area contributed by atoms with Crippen molar-refractivity contribution in [3.05, 3.63) is 63.6 Å². The molecule has 1 aromatic heterocycles. The van der Waals surface area contributed by atoms with Crippen LogP contribution in [-0.4, -0.2) is 51.2 Å². The summed E-state index contributed by atoms with van der Waals surface area (Å²) < 4.78 is 35.3. The number of alkyl halides is 1. The van der Waals surface area contributed by atoms with Crippen molar-refractivity contribution in [1.29, 1.82) is 0 Å². The number of hydrogen-bond donors (Lipinski definition) is 2. The van der Waals surface area contributed by atoms with Crippen molar-refractivity contribution in [3.8, 4) is 0 Å². The van der Waals surface area contributed by atoms with Crippen LogP contribution in [0.2, 0.25) is 5.02 Å². The van der Waals surface area contributed by atoms with Gasteiger partial charge in [0.25, 0.3) is 5.91 Å². The first kappa shape index (κ1) is 24.1. The molecule has 1 fully saturated rings. The van der Waals surface area contributed by atoms with Crippen molar-refractivity contribution in [2.45, 2.75) is 44.9 Å². The number of nitrogens with one attached hydrogen (secondary N) is 1. The smallest absolute Gasteiger partial charge is 0.269 e. The molecule has 0 aliphatic carbocycles. The molecule has 2 aromatic carbocycles. The van der Waals surface area contributed by atoms with E-state index in [1.807, 2.05) is 0 Å². The molecule has 5 rings (SSSR count). The summed E-state index contributed by atoms with van der Waals surface area (Å²) in [6, 6.07) is 6.88. The lowest BCUT2D eigenvalue weighted by Crippen LogP contribution is -2.46. The summed E-state index contributed by atoms with van der Waals surface area (Å²) in [6.45, 7) is 0.0205. The molecule has 3 aromatic rings. The summed E-state index contributed by atoms with van der Waals surface area (Å²) in [5.74, 6) is -2.57. The number of rotatable bonds is 6. The lowest BCUT2D eigenvalue weighted by atomic mass is 10.1. The topological polar surface area (TPSA) is 120 Å². The minimum absolute atomic E-state index is 0.00938. The number of nitrogens with two attached hydrogens (primary N) is 1. The Balaban J connectivity index is 1.35. The number of carbonyl (C=O) groups excluding carboxylic acids is 3. The van der Waals surface area contributed by atoms with Gasteiger partial charge in [0, 0.05) is 23.9 Å². The van der Waals surface area contributed by atoms with Gasteiger partial charge in [-0.15, -0.1) is 0 Å². The van der Waals surface area contributed by atoms with Gasteiger partial charge in [-0.05, 0) is 29.3 Å². The van der Waals surface area contributed by atoms with Crippen LogP contribution in [0.3, 0.4) is 0 Å². The summed E-state index contributed by atoms with van der Waals surface area (Å²) >= 11 is 5.78. The number of aromatic nitrogens is 2. The Hall–Kier alpha value is -3.57. The molecule has 0 radical (unpaired) electrons. The fraction of sp³-hybridized carbons (Fsp3) is 0.333. The highest BCUT2D eigenvalue weighted by Gasteiger charge is 2.40. The van der Waals surface area contributed by atoms with Crippen molar-refractivity contribution in [1.82, 2.24) is 20.0 Å². The van der Waals surface area contributed by atoms with Gasteiger partial charge in [-0.25, -0.2) is 8.78 Å². The van der Waals surface area contributed by atoms with E-state index in [1.165, 1.54) is 16.8 Å². The van der Waals surface area contributed by atoms with Crippen molar-refractivity contribution in [3.63, 3.8) is 0 Å². The fourth-order valence-electron chi connectivity index (χ4n) is 4.66. The third-order valence-electron chi connectivity index (χ3n) is 6.46. The predicted molar refractivity (Wildman–Crippen MR) is 125 cm³/mol. The van der Waals surface area contributed by atoms with Crippen LogP contribution in [-0.2, 0) is 40.6 Å². The van der Waals surface area contributed by atoms with E-state index < -0.39 is 35.8 Å². The van der Waals surface area contributed by atoms with Crippen LogP contribution in [0, 0.1) is 5.82 Å². The average Bonchev–Trinajstić information content (AvgIpc) is 3.55. The van der Waals surface area contributed by atoms with E-state index in [0.717, 1.165) is 16.0 Å². The molecule has 0 unspecified atom stereocenters. The van der Waals surface area contributed by atoms with Gasteiger partial charge in [0.1, 0.15) is 24.6 Å². The zero-order chi connectivity index (χ0) is 25.6. The SMILES string of the molecule is NC(=O)c1nn(CC(=O)N2C[C@H](F)C[C@H]2C(=O)NCc2cccc(Cl)c2F)c2cc3c(cc12)COC3. The molecule has 2 aliphatic heterocycles. The number of fused-ring (bicyclic) bond motifs is 2. The molecule has 3 amide bonds. The number of halogens is 3. The van der Waals surface area contributed by atoms with E-state index in [-0.39, 0.29) is 42.3 Å². The first-order valence-corrected chi connectivity index (χ1v) is 11.6. The van der Waals surface area contributed by atoms with Gasteiger partial charge in [-0.3, -0.25) is 19.1 Å². The number of hydrogen-bond acceptors (Lipinski definition) is 5. The maximum atomic E-state index is 14.3. The predicted octanol–water partition coefficient (Wildman–Crippen LogP) is 2.21. The Morgan fingerprint density at radius 2 is 1.97 bits per heavy atom. The van der Waals surface area contributed by atoms with Crippen LogP contribution in [0.4, 0.5) is 8.78 Å². The van der Waals surface area contributed by atoms with Crippen molar-refractivity contribution in [2.75, 3.05) is 6.54 Å². The van der Waals surface area contributed by atoms with Gasteiger partial charge in [0.05, 0.1) is 30.3 Å². The Bertz CT molecular complexity index is 1390. The molecule has 2 aliphatic rings. The molecule has 36 heavy (non-hydrogen) atoms. The summed E-state index contributed by atoms with van der Waals surface area (Å²) in [7, 11) is 0. The highest BCUT2D eigenvalue weighted by Crippen LogP contribution is 2.29. The van der Waals surface area contributed by atoms with E-state index in [0.29, 0.717) is 24.1 Å². The number of likely N-dealkylation sites (tertiary alicyclic amines) is 1. The van der Waals surface area contributed by atoms with E-state index >= 15 is 0 Å². The van der Waals surface area contributed by atoms with Gasteiger partial charge in [-0.1, -0.05) is 23.7 Å². The molecule has 0 bridgehead atoms. The van der Waals surface area contributed by atoms with Crippen LogP contribution in [0.5, 0.6) is 0 Å². The van der Waals surface area contributed by atoms with Crippen LogP contribution in [0.1, 0.15) is 33.6 Å². The van der Waals surface area contributed by atoms with Gasteiger partial charge in [0.2, 0.25) is 11.8 Å². The first-order chi connectivity index (χ1) is 17.2. The monoisotopic (exact) mass is 517 g/mol. The zero-order valence-electron chi connectivity index (χ0n) is 19.0. The van der Waals surface area contributed by atoms with Crippen LogP contribution in [0.15, 0.2) is 30.3 Å². The highest BCUT2D eigenvalue weighted by molar-refractivity contribution is 6.30. The first-order valence-electron chi connectivity index (χ1n) is 11.3. The second kappa shape index (κ2) is 9.47. The molecule has 1 saturated heterocycles. The molecular weight excluding hydrogens is 496 g/mol.